The lowest BCUT2D eigenvalue weighted by Gasteiger charge is -2.08. The molecule has 0 saturated heterocycles. The van der Waals surface area contributed by atoms with Crippen molar-refractivity contribution in [3.63, 3.8) is 0 Å². The van der Waals surface area contributed by atoms with E-state index in [-0.39, 0.29) is 11.9 Å². The van der Waals surface area contributed by atoms with E-state index in [2.05, 4.69) is 20.9 Å². The maximum Gasteiger partial charge on any atom is 0.318 e. The number of hydrogen-bond acceptors (Lipinski definition) is 5. The summed E-state index contributed by atoms with van der Waals surface area (Å²) in [5, 5.41) is 12.8. The highest BCUT2D eigenvalue weighted by molar-refractivity contribution is 7.17. The molecule has 0 aliphatic carbocycles. The average molecular weight is 372 g/mol. The second-order valence-electron chi connectivity index (χ2n) is 5.18. The van der Waals surface area contributed by atoms with Gasteiger partial charge in [-0.05, 0) is 36.6 Å². The van der Waals surface area contributed by atoms with Crippen molar-refractivity contribution in [2.75, 3.05) is 17.7 Å². The summed E-state index contributed by atoms with van der Waals surface area (Å²) in [6, 6.07) is 8.64. The number of nitrogens with one attached hydrogen (secondary N) is 3. The number of aryl methyl sites for hydroxylation is 1. The quantitative estimate of drug-likeness (QED) is 0.642. The second kappa shape index (κ2) is 7.45. The number of amides is 3. The topological polar surface area (TPSA) is 83.1 Å². The number of benzene rings is 1. The SMILES string of the molecule is CNC(=O)Nc1cccc(NC(=O)c2sc(-c3ccsc3)nc2C)c1. The van der Waals surface area contributed by atoms with Gasteiger partial charge >= 0.3 is 6.03 Å². The minimum atomic E-state index is -0.317. The zero-order valence-corrected chi connectivity index (χ0v) is 15.3. The van der Waals surface area contributed by atoms with Crippen molar-refractivity contribution in [2.45, 2.75) is 6.92 Å². The molecule has 6 nitrogen and oxygen atoms in total. The van der Waals surface area contributed by atoms with Crippen LogP contribution in [0.2, 0.25) is 0 Å². The molecular formula is C17H16N4O2S2. The molecule has 3 aromatic rings. The Morgan fingerprint density at radius 3 is 2.56 bits per heavy atom. The first-order chi connectivity index (χ1) is 12.1. The molecule has 3 amide bonds. The molecule has 2 aromatic heterocycles. The van der Waals surface area contributed by atoms with Gasteiger partial charge < -0.3 is 16.0 Å². The van der Waals surface area contributed by atoms with Crippen LogP contribution < -0.4 is 16.0 Å². The van der Waals surface area contributed by atoms with Gasteiger partial charge in [0, 0.05) is 29.4 Å². The summed E-state index contributed by atoms with van der Waals surface area (Å²) in [7, 11) is 1.54. The van der Waals surface area contributed by atoms with Gasteiger partial charge in [0.1, 0.15) is 9.88 Å². The Morgan fingerprint density at radius 1 is 1.12 bits per heavy atom. The van der Waals surface area contributed by atoms with Gasteiger partial charge in [0.15, 0.2) is 0 Å². The molecule has 0 radical (unpaired) electrons. The first kappa shape index (κ1) is 17.1. The maximum absolute atomic E-state index is 12.6. The van der Waals surface area contributed by atoms with Crippen LogP contribution in [0.15, 0.2) is 41.1 Å². The molecule has 25 heavy (non-hydrogen) atoms. The Kier molecular flexibility index (Phi) is 5.11. The van der Waals surface area contributed by atoms with E-state index >= 15 is 0 Å². The van der Waals surface area contributed by atoms with Gasteiger partial charge in [-0.3, -0.25) is 4.79 Å². The maximum atomic E-state index is 12.6. The normalized spacial score (nSPS) is 10.3. The minimum Gasteiger partial charge on any atom is -0.341 e. The highest BCUT2D eigenvalue weighted by Gasteiger charge is 2.16. The van der Waals surface area contributed by atoms with Crippen molar-refractivity contribution >= 4 is 46.0 Å². The van der Waals surface area contributed by atoms with Crippen LogP contribution in [0, 0.1) is 6.92 Å². The number of aromatic nitrogens is 1. The van der Waals surface area contributed by atoms with E-state index in [9.17, 15) is 9.59 Å². The van der Waals surface area contributed by atoms with Crippen LogP contribution in [0.4, 0.5) is 16.2 Å². The van der Waals surface area contributed by atoms with E-state index in [1.165, 1.54) is 11.3 Å². The van der Waals surface area contributed by atoms with Crippen molar-refractivity contribution in [2.24, 2.45) is 0 Å². The molecule has 3 rings (SSSR count). The number of rotatable bonds is 4. The van der Waals surface area contributed by atoms with Gasteiger partial charge in [0.05, 0.1) is 5.69 Å². The molecular weight excluding hydrogens is 356 g/mol. The third-order valence-corrected chi connectivity index (χ3v) is 5.26. The number of anilines is 2. The zero-order chi connectivity index (χ0) is 17.8. The van der Waals surface area contributed by atoms with Crippen LogP contribution in [-0.2, 0) is 0 Å². The molecule has 128 valence electrons. The number of urea groups is 1. The first-order valence-electron chi connectivity index (χ1n) is 7.47. The molecule has 0 saturated carbocycles. The summed E-state index contributed by atoms with van der Waals surface area (Å²) in [5.74, 6) is -0.214. The van der Waals surface area contributed by atoms with E-state index in [0.29, 0.717) is 21.9 Å². The second-order valence-corrected chi connectivity index (χ2v) is 6.96. The van der Waals surface area contributed by atoms with Crippen LogP contribution in [0.25, 0.3) is 10.6 Å². The summed E-state index contributed by atoms with van der Waals surface area (Å²) in [6.07, 6.45) is 0. The third kappa shape index (κ3) is 4.04. The first-order valence-corrected chi connectivity index (χ1v) is 9.23. The molecule has 3 N–H and O–H groups in total. The molecule has 0 fully saturated rings. The van der Waals surface area contributed by atoms with E-state index in [1.54, 1.807) is 42.6 Å². The average Bonchev–Trinajstić information content (AvgIpc) is 3.24. The van der Waals surface area contributed by atoms with Crippen LogP contribution in [0.3, 0.4) is 0 Å². The molecule has 0 aliphatic heterocycles. The Morgan fingerprint density at radius 2 is 1.88 bits per heavy atom. The van der Waals surface area contributed by atoms with Gasteiger partial charge in [-0.2, -0.15) is 11.3 Å². The summed E-state index contributed by atoms with van der Waals surface area (Å²) in [5.41, 5.74) is 2.91. The summed E-state index contributed by atoms with van der Waals surface area (Å²) in [4.78, 5) is 29.0. The Balaban J connectivity index is 1.76. The summed E-state index contributed by atoms with van der Waals surface area (Å²) in [6.45, 7) is 1.82. The zero-order valence-electron chi connectivity index (χ0n) is 13.6. The predicted molar refractivity (Wildman–Crippen MR) is 103 cm³/mol. The van der Waals surface area contributed by atoms with Gasteiger partial charge in [0.25, 0.3) is 5.91 Å². The lowest BCUT2D eigenvalue weighted by molar-refractivity contribution is 0.103. The van der Waals surface area contributed by atoms with Crippen molar-refractivity contribution in [3.05, 3.63) is 51.7 Å². The molecule has 1 aromatic carbocycles. The lowest BCUT2D eigenvalue weighted by atomic mass is 10.2. The third-order valence-electron chi connectivity index (χ3n) is 3.38. The standard InChI is InChI=1S/C17H16N4O2S2/c1-10-14(25-16(19-10)11-6-7-24-9-11)15(22)20-12-4-3-5-13(8-12)21-17(23)18-2/h3-9H,1-2H3,(H,20,22)(H2,18,21,23). The molecule has 8 heteroatoms. The number of nitrogens with zero attached hydrogens (tertiary/aromatic N) is 1. The number of carbonyl (C=O) groups is 2. The van der Waals surface area contributed by atoms with E-state index in [1.807, 2.05) is 23.8 Å². The van der Waals surface area contributed by atoms with E-state index in [4.69, 9.17) is 0 Å². The molecule has 0 spiro atoms. The smallest absolute Gasteiger partial charge is 0.318 e. The van der Waals surface area contributed by atoms with E-state index in [0.717, 1.165) is 10.6 Å². The Labute approximate surface area is 152 Å². The van der Waals surface area contributed by atoms with Crippen molar-refractivity contribution in [1.29, 1.82) is 0 Å². The van der Waals surface area contributed by atoms with Crippen LogP contribution in [0.1, 0.15) is 15.4 Å². The highest BCUT2D eigenvalue weighted by Crippen LogP contribution is 2.30. The minimum absolute atomic E-state index is 0.214. The fraction of sp³-hybridized carbons (Fsp3) is 0.118. The fourth-order valence-electron chi connectivity index (χ4n) is 2.17. The number of hydrogen-bond donors (Lipinski definition) is 3. The van der Waals surface area contributed by atoms with Crippen molar-refractivity contribution in [1.82, 2.24) is 10.3 Å². The van der Waals surface area contributed by atoms with Crippen molar-refractivity contribution in [3.8, 4) is 10.6 Å². The van der Waals surface area contributed by atoms with Crippen LogP contribution in [0.5, 0.6) is 0 Å². The molecule has 0 unspecified atom stereocenters. The van der Waals surface area contributed by atoms with Gasteiger partial charge in [-0.1, -0.05) is 6.07 Å². The van der Waals surface area contributed by atoms with E-state index < -0.39 is 0 Å². The molecule has 0 bridgehead atoms. The van der Waals surface area contributed by atoms with Crippen LogP contribution >= 0.6 is 22.7 Å². The molecule has 2 heterocycles. The van der Waals surface area contributed by atoms with Crippen LogP contribution in [-0.4, -0.2) is 24.0 Å². The Bertz CT molecular complexity index is 903. The Hall–Kier alpha value is -2.71. The van der Waals surface area contributed by atoms with Gasteiger partial charge in [0.2, 0.25) is 0 Å². The molecule has 0 aliphatic rings. The van der Waals surface area contributed by atoms with Crippen molar-refractivity contribution < 1.29 is 9.59 Å². The monoisotopic (exact) mass is 372 g/mol. The number of carbonyl (C=O) groups excluding carboxylic acids is 2. The predicted octanol–water partition coefficient (Wildman–Crippen LogP) is 4.18. The lowest BCUT2D eigenvalue weighted by Crippen LogP contribution is -2.24. The van der Waals surface area contributed by atoms with Gasteiger partial charge in [-0.25, -0.2) is 9.78 Å². The summed E-state index contributed by atoms with van der Waals surface area (Å²) >= 11 is 2.96. The van der Waals surface area contributed by atoms with Gasteiger partial charge in [-0.15, -0.1) is 11.3 Å². The molecule has 0 atom stereocenters. The number of thiazole rings is 1. The fourth-order valence-corrected chi connectivity index (χ4v) is 3.85. The number of thiophene rings is 1. The summed E-state index contributed by atoms with van der Waals surface area (Å²) < 4.78 is 0. The highest BCUT2D eigenvalue weighted by atomic mass is 32.1. The largest absolute Gasteiger partial charge is 0.341 e.